The molecule has 0 fully saturated rings. The number of non-ortho nitro benzene ring substituents is 1. The number of benzene rings is 2. The standard InChI is InChI=1S/C20H17N5O2/c1-14(15-3-5-16(6-4-15)24-12-2-10-22-24)23-19-7-8-20(25(26)27)18-13-21-11-9-17(18)19/h2-14,23H,1H3. The molecule has 0 bridgehead atoms. The summed E-state index contributed by atoms with van der Waals surface area (Å²) in [7, 11) is 0. The highest BCUT2D eigenvalue weighted by Crippen LogP contribution is 2.32. The predicted molar refractivity (Wildman–Crippen MR) is 104 cm³/mol. The van der Waals surface area contributed by atoms with E-state index in [2.05, 4.69) is 22.3 Å². The van der Waals surface area contributed by atoms with Gasteiger partial charge in [-0.25, -0.2) is 4.68 Å². The van der Waals surface area contributed by atoms with Gasteiger partial charge in [-0.15, -0.1) is 0 Å². The average Bonchev–Trinajstić information content (AvgIpc) is 3.23. The summed E-state index contributed by atoms with van der Waals surface area (Å²) in [5.41, 5.74) is 2.98. The molecule has 7 heteroatoms. The van der Waals surface area contributed by atoms with Crippen LogP contribution in [-0.2, 0) is 0 Å². The van der Waals surface area contributed by atoms with E-state index in [1.807, 2.05) is 36.5 Å². The summed E-state index contributed by atoms with van der Waals surface area (Å²) in [6.07, 6.45) is 6.81. The van der Waals surface area contributed by atoms with E-state index in [4.69, 9.17) is 0 Å². The molecule has 0 aliphatic heterocycles. The lowest BCUT2D eigenvalue weighted by molar-refractivity contribution is -0.383. The summed E-state index contributed by atoms with van der Waals surface area (Å²) < 4.78 is 1.80. The van der Waals surface area contributed by atoms with Crippen molar-refractivity contribution in [2.45, 2.75) is 13.0 Å². The third kappa shape index (κ3) is 3.22. The lowest BCUT2D eigenvalue weighted by Gasteiger charge is -2.18. The van der Waals surface area contributed by atoms with E-state index in [9.17, 15) is 10.1 Å². The van der Waals surface area contributed by atoms with Crippen LogP contribution < -0.4 is 5.32 Å². The van der Waals surface area contributed by atoms with Gasteiger partial charge in [0.1, 0.15) is 0 Å². The molecule has 0 radical (unpaired) electrons. The minimum Gasteiger partial charge on any atom is -0.378 e. The third-order valence-electron chi connectivity index (χ3n) is 4.53. The Labute approximate surface area is 155 Å². The summed E-state index contributed by atoms with van der Waals surface area (Å²) >= 11 is 0. The first kappa shape index (κ1) is 16.7. The highest BCUT2D eigenvalue weighted by atomic mass is 16.6. The number of hydrogen-bond donors (Lipinski definition) is 1. The molecule has 134 valence electrons. The fourth-order valence-electron chi connectivity index (χ4n) is 3.11. The number of fused-ring (bicyclic) bond motifs is 1. The number of nitrogens with zero attached hydrogens (tertiary/aromatic N) is 4. The third-order valence-corrected chi connectivity index (χ3v) is 4.53. The van der Waals surface area contributed by atoms with E-state index in [0.717, 1.165) is 22.3 Å². The van der Waals surface area contributed by atoms with Gasteiger partial charge in [0, 0.05) is 48.0 Å². The van der Waals surface area contributed by atoms with Crippen molar-refractivity contribution < 1.29 is 4.92 Å². The number of nitro groups is 1. The second-order valence-electron chi connectivity index (χ2n) is 6.22. The van der Waals surface area contributed by atoms with E-state index in [1.165, 1.54) is 12.3 Å². The van der Waals surface area contributed by atoms with Crippen molar-refractivity contribution in [1.29, 1.82) is 0 Å². The van der Waals surface area contributed by atoms with Crippen LogP contribution in [0.4, 0.5) is 11.4 Å². The van der Waals surface area contributed by atoms with E-state index >= 15 is 0 Å². The molecule has 27 heavy (non-hydrogen) atoms. The molecule has 4 aromatic rings. The van der Waals surface area contributed by atoms with E-state index in [1.54, 1.807) is 29.2 Å². The molecule has 4 rings (SSSR count). The first-order chi connectivity index (χ1) is 13.1. The van der Waals surface area contributed by atoms with Crippen LogP contribution in [0.1, 0.15) is 18.5 Å². The highest BCUT2D eigenvalue weighted by molar-refractivity contribution is 5.99. The predicted octanol–water partition coefficient (Wildman–Crippen LogP) is 4.50. The van der Waals surface area contributed by atoms with Gasteiger partial charge >= 0.3 is 0 Å². The van der Waals surface area contributed by atoms with Gasteiger partial charge in [-0.05, 0) is 42.8 Å². The van der Waals surface area contributed by atoms with Gasteiger partial charge in [0.05, 0.1) is 16.0 Å². The first-order valence-corrected chi connectivity index (χ1v) is 8.51. The number of pyridine rings is 1. The SMILES string of the molecule is CC(Nc1ccc([N+](=O)[O-])c2cnccc12)c1ccc(-n2cccn2)cc1. The van der Waals surface area contributed by atoms with Crippen molar-refractivity contribution >= 4 is 22.1 Å². The van der Waals surface area contributed by atoms with Crippen molar-refractivity contribution in [3.8, 4) is 5.69 Å². The van der Waals surface area contributed by atoms with Crippen molar-refractivity contribution in [3.63, 3.8) is 0 Å². The Balaban J connectivity index is 1.62. The molecule has 0 saturated carbocycles. The molecular formula is C20H17N5O2. The quantitative estimate of drug-likeness (QED) is 0.419. The van der Waals surface area contributed by atoms with Crippen molar-refractivity contribution in [3.05, 3.63) is 89.0 Å². The minimum absolute atomic E-state index is 0.0227. The maximum Gasteiger partial charge on any atom is 0.278 e. The largest absolute Gasteiger partial charge is 0.378 e. The number of nitro benzene ring substituents is 1. The lowest BCUT2D eigenvalue weighted by Crippen LogP contribution is -2.07. The fraction of sp³-hybridized carbons (Fsp3) is 0.100. The molecule has 7 nitrogen and oxygen atoms in total. The van der Waals surface area contributed by atoms with Crippen LogP contribution >= 0.6 is 0 Å². The molecule has 2 aromatic carbocycles. The summed E-state index contributed by atoms with van der Waals surface area (Å²) in [4.78, 5) is 14.9. The van der Waals surface area contributed by atoms with E-state index < -0.39 is 0 Å². The minimum atomic E-state index is -0.384. The van der Waals surface area contributed by atoms with Crippen LogP contribution in [0.5, 0.6) is 0 Å². The number of hydrogen-bond acceptors (Lipinski definition) is 5. The average molecular weight is 359 g/mol. The molecule has 1 atom stereocenters. The molecule has 2 heterocycles. The maximum absolute atomic E-state index is 11.2. The summed E-state index contributed by atoms with van der Waals surface area (Å²) in [6.45, 7) is 2.05. The molecule has 1 unspecified atom stereocenters. The van der Waals surface area contributed by atoms with Gasteiger partial charge in [0.2, 0.25) is 0 Å². The number of anilines is 1. The van der Waals surface area contributed by atoms with Gasteiger partial charge in [-0.2, -0.15) is 5.10 Å². The number of rotatable bonds is 5. The second-order valence-corrected chi connectivity index (χ2v) is 6.22. The van der Waals surface area contributed by atoms with Gasteiger partial charge < -0.3 is 5.32 Å². The summed E-state index contributed by atoms with van der Waals surface area (Å²) in [5.74, 6) is 0. The Morgan fingerprint density at radius 3 is 2.59 bits per heavy atom. The monoisotopic (exact) mass is 359 g/mol. The zero-order chi connectivity index (χ0) is 18.8. The lowest BCUT2D eigenvalue weighted by atomic mass is 10.1. The molecule has 0 amide bonds. The number of aromatic nitrogens is 3. The van der Waals surface area contributed by atoms with Crippen LogP contribution in [0.2, 0.25) is 0 Å². The molecule has 0 aliphatic carbocycles. The van der Waals surface area contributed by atoms with Gasteiger partial charge in [0.15, 0.2) is 0 Å². The summed E-state index contributed by atoms with van der Waals surface area (Å²) in [6, 6.07) is 15.1. The smallest absolute Gasteiger partial charge is 0.278 e. The van der Waals surface area contributed by atoms with Gasteiger partial charge in [0.25, 0.3) is 5.69 Å². The van der Waals surface area contributed by atoms with Crippen LogP contribution in [0.15, 0.2) is 73.3 Å². The Morgan fingerprint density at radius 2 is 1.89 bits per heavy atom. The number of nitrogens with one attached hydrogen (secondary N) is 1. The van der Waals surface area contributed by atoms with Gasteiger partial charge in [-0.1, -0.05) is 12.1 Å². The van der Waals surface area contributed by atoms with E-state index in [0.29, 0.717) is 5.39 Å². The molecule has 1 N–H and O–H groups in total. The van der Waals surface area contributed by atoms with Crippen LogP contribution in [0, 0.1) is 10.1 Å². The Kier molecular flexibility index (Phi) is 4.25. The molecule has 0 aliphatic rings. The van der Waals surface area contributed by atoms with Gasteiger partial charge in [-0.3, -0.25) is 15.1 Å². The Hall–Kier alpha value is -3.74. The Morgan fingerprint density at radius 1 is 1.07 bits per heavy atom. The first-order valence-electron chi connectivity index (χ1n) is 8.51. The van der Waals surface area contributed by atoms with Crippen LogP contribution in [-0.4, -0.2) is 19.7 Å². The topological polar surface area (TPSA) is 85.9 Å². The Bertz CT molecular complexity index is 1090. The summed E-state index contributed by atoms with van der Waals surface area (Å²) in [5, 5.41) is 20.2. The van der Waals surface area contributed by atoms with Crippen molar-refractivity contribution in [2.75, 3.05) is 5.32 Å². The normalized spacial score (nSPS) is 12.0. The van der Waals surface area contributed by atoms with Crippen molar-refractivity contribution in [1.82, 2.24) is 14.8 Å². The zero-order valence-corrected chi connectivity index (χ0v) is 14.6. The molecule has 0 saturated heterocycles. The van der Waals surface area contributed by atoms with Crippen molar-refractivity contribution in [2.24, 2.45) is 0 Å². The highest BCUT2D eigenvalue weighted by Gasteiger charge is 2.15. The molecular weight excluding hydrogens is 342 g/mol. The molecule has 2 aromatic heterocycles. The van der Waals surface area contributed by atoms with E-state index in [-0.39, 0.29) is 16.7 Å². The van der Waals surface area contributed by atoms with Crippen LogP contribution in [0.3, 0.4) is 0 Å². The second kappa shape index (κ2) is 6.87. The maximum atomic E-state index is 11.2. The zero-order valence-electron chi connectivity index (χ0n) is 14.6. The van der Waals surface area contributed by atoms with Crippen LogP contribution in [0.25, 0.3) is 16.5 Å². The molecule has 0 spiro atoms. The fourth-order valence-corrected chi connectivity index (χ4v) is 3.11.